The number of nitrogens with one attached hydrogen (secondary N) is 1. The SMILES string of the molecule is CNc1ccc(C2=NC(n3cccn3)=NC(n3cccn3)N2C)cc1. The van der Waals surface area contributed by atoms with Crippen LogP contribution in [-0.2, 0) is 0 Å². The minimum Gasteiger partial charge on any atom is -0.388 e. The van der Waals surface area contributed by atoms with Gasteiger partial charge in [-0.3, -0.25) is 0 Å². The average Bonchev–Trinajstić information content (AvgIpc) is 3.36. The van der Waals surface area contributed by atoms with Crippen LogP contribution in [-0.4, -0.2) is 50.4 Å². The fourth-order valence-electron chi connectivity index (χ4n) is 2.71. The van der Waals surface area contributed by atoms with Gasteiger partial charge in [0.1, 0.15) is 5.84 Å². The summed E-state index contributed by atoms with van der Waals surface area (Å²) < 4.78 is 3.45. The van der Waals surface area contributed by atoms with Crippen LogP contribution in [0.15, 0.2) is 71.2 Å². The minimum atomic E-state index is -0.328. The molecule has 0 saturated heterocycles. The zero-order chi connectivity index (χ0) is 17.2. The van der Waals surface area contributed by atoms with E-state index in [1.807, 2.05) is 67.8 Å². The van der Waals surface area contributed by atoms with Crippen molar-refractivity contribution < 1.29 is 0 Å². The van der Waals surface area contributed by atoms with Crippen LogP contribution in [0.3, 0.4) is 0 Å². The molecule has 1 N–H and O–H groups in total. The van der Waals surface area contributed by atoms with Gasteiger partial charge in [-0.05, 0) is 36.4 Å². The fourth-order valence-corrected chi connectivity index (χ4v) is 2.71. The summed E-state index contributed by atoms with van der Waals surface area (Å²) in [5, 5.41) is 11.7. The van der Waals surface area contributed by atoms with E-state index in [0.29, 0.717) is 5.96 Å². The number of nitrogens with zero attached hydrogens (tertiary/aromatic N) is 7. The lowest BCUT2D eigenvalue weighted by molar-refractivity contribution is 0.259. The van der Waals surface area contributed by atoms with E-state index in [2.05, 4.69) is 15.5 Å². The van der Waals surface area contributed by atoms with Crippen molar-refractivity contribution in [1.82, 2.24) is 24.5 Å². The molecular weight excluding hydrogens is 316 g/mol. The van der Waals surface area contributed by atoms with Crippen molar-refractivity contribution in [3.8, 4) is 0 Å². The second kappa shape index (κ2) is 6.23. The Balaban J connectivity index is 1.79. The van der Waals surface area contributed by atoms with Gasteiger partial charge in [-0.25, -0.2) is 14.4 Å². The zero-order valence-electron chi connectivity index (χ0n) is 14.0. The standard InChI is InChI=1S/C17H18N8/c1-18-14-7-5-13(6-8-14)15-21-16(24-11-3-9-19-24)22-17(23(15)2)25-12-4-10-20-25/h3-12,17-18H,1-2H3. The van der Waals surface area contributed by atoms with Crippen LogP contribution < -0.4 is 5.32 Å². The van der Waals surface area contributed by atoms with Crippen LogP contribution in [0.5, 0.6) is 0 Å². The quantitative estimate of drug-likeness (QED) is 0.793. The van der Waals surface area contributed by atoms with Crippen LogP contribution >= 0.6 is 0 Å². The molecule has 0 aliphatic carbocycles. The topological polar surface area (TPSA) is 75.6 Å². The van der Waals surface area contributed by atoms with Crippen molar-refractivity contribution in [3.05, 3.63) is 66.7 Å². The van der Waals surface area contributed by atoms with E-state index >= 15 is 0 Å². The van der Waals surface area contributed by atoms with E-state index in [4.69, 9.17) is 9.98 Å². The Morgan fingerprint density at radius 2 is 1.76 bits per heavy atom. The molecule has 25 heavy (non-hydrogen) atoms. The predicted octanol–water partition coefficient (Wildman–Crippen LogP) is 1.87. The molecule has 8 heteroatoms. The van der Waals surface area contributed by atoms with Crippen LogP contribution in [0.2, 0.25) is 0 Å². The molecule has 0 fully saturated rings. The highest BCUT2D eigenvalue weighted by molar-refractivity contribution is 6.07. The van der Waals surface area contributed by atoms with E-state index in [0.717, 1.165) is 17.1 Å². The molecular formula is C17H18N8. The van der Waals surface area contributed by atoms with Gasteiger partial charge in [-0.15, -0.1) is 0 Å². The van der Waals surface area contributed by atoms with Crippen molar-refractivity contribution in [1.29, 1.82) is 0 Å². The van der Waals surface area contributed by atoms with E-state index in [1.54, 1.807) is 21.8 Å². The summed E-state index contributed by atoms with van der Waals surface area (Å²) in [6, 6.07) is 11.8. The van der Waals surface area contributed by atoms with E-state index < -0.39 is 0 Å². The van der Waals surface area contributed by atoms with Crippen molar-refractivity contribution in [3.63, 3.8) is 0 Å². The molecule has 8 nitrogen and oxygen atoms in total. The first kappa shape index (κ1) is 15.1. The monoisotopic (exact) mass is 334 g/mol. The van der Waals surface area contributed by atoms with E-state index in [-0.39, 0.29) is 6.29 Å². The molecule has 0 amide bonds. The minimum absolute atomic E-state index is 0.328. The maximum absolute atomic E-state index is 4.72. The second-order valence-corrected chi connectivity index (χ2v) is 5.59. The largest absolute Gasteiger partial charge is 0.388 e. The molecule has 1 aliphatic rings. The number of hydrogen-bond donors (Lipinski definition) is 1. The summed E-state index contributed by atoms with van der Waals surface area (Å²) in [7, 11) is 3.86. The Morgan fingerprint density at radius 3 is 2.40 bits per heavy atom. The van der Waals surface area contributed by atoms with Crippen LogP contribution in [0.4, 0.5) is 5.69 Å². The van der Waals surface area contributed by atoms with Crippen LogP contribution in [0.25, 0.3) is 0 Å². The molecule has 126 valence electrons. The molecule has 0 radical (unpaired) electrons. The number of hydrogen-bond acceptors (Lipinski definition) is 6. The first-order valence-corrected chi connectivity index (χ1v) is 7.93. The van der Waals surface area contributed by atoms with Gasteiger partial charge in [-0.1, -0.05) is 0 Å². The molecule has 1 aliphatic heterocycles. The van der Waals surface area contributed by atoms with Crippen molar-refractivity contribution in [2.45, 2.75) is 6.29 Å². The summed E-state index contributed by atoms with van der Waals surface area (Å²) in [4.78, 5) is 11.4. The smallest absolute Gasteiger partial charge is 0.251 e. The molecule has 3 aromatic rings. The third-order valence-corrected chi connectivity index (χ3v) is 4.02. The van der Waals surface area contributed by atoms with Gasteiger partial charge in [0.05, 0.1) is 0 Å². The Morgan fingerprint density at radius 1 is 1.00 bits per heavy atom. The summed E-state index contributed by atoms with van der Waals surface area (Å²) in [6.45, 7) is 0. The van der Waals surface area contributed by atoms with Gasteiger partial charge in [0.15, 0.2) is 0 Å². The Hall–Kier alpha value is -3.42. The molecule has 3 heterocycles. The first-order chi connectivity index (χ1) is 12.3. The normalized spacial score (nSPS) is 17.2. The van der Waals surface area contributed by atoms with E-state index in [9.17, 15) is 0 Å². The molecule has 0 saturated carbocycles. The maximum atomic E-state index is 4.72. The third kappa shape index (κ3) is 2.78. The summed E-state index contributed by atoms with van der Waals surface area (Å²) >= 11 is 0. The maximum Gasteiger partial charge on any atom is 0.251 e. The molecule has 4 rings (SSSR count). The molecule has 2 aromatic heterocycles. The van der Waals surface area contributed by atoms with Gasteiger partial charge in [0.25, 0.3) is 5.96 Å². The zero-order valence-corrected chi connectivity index (χ0v) is 14.0. The highest BCUT2D eigenvalue weighted by Crippen LogP contribution is 2.22. The number of benzene rings is 1. The number of amidine groups is 1. The number of anilines is 1. The number of rotatable bonds is 3. The summed E-state index contributed by atoms with van der Waals surface area (Å²) in [6.07, 6.45) is 6.84. The van der Waals surface area contributed by atoms with Gasteiger partial charge >= 0.3 is 0 Å². The Bertz CT molecular complexity index is 891. The van der Waals surface area contributed by atoms with Crippen molar-refractivity contribution in [2.24, 2.45) is 9.98 Å². The summed E-state index contributed by atoms with van der Waals surface area (Å²) in [5.41, 5.74) is 2.05. The van der Waals surface area contributed by atoms with Crippen molar-refractivity contribution >= 4 is 17.5 Å². The lowest BCUT2D eigenvalue weighted by atomic mass is 10.1. The first-order valence-electron chi connectivity index (χ1n) is 7.93. The van der Waals surface area contributed by atoms with Crippen LogP contribution in [0, 0.1) is 0 Å². The van der Waals surface area contributed by atoms with Gasteiger partial charge in [0, 0.05) is 50.1 Å². The lowest BCUT2D eigenvalue weighted by Gasteiger charge is -2.31. The summed E-state index contributed by atoms with van der Waals surface area (Å²) in [5.74, 6) is 1.33. The number of aliphatic imine (C=N–C) groups is 2. The fraction of sp³-hybridized carbons (Fsp3) is 0.176. The average molecular weight is 334 g/mol. The second-order valence-electron chi connectivity index (χ2n) is 5.59. The number of aromatic nitrogens is 4. The molecule has 1 atom stereocenters. The highest BCUT2D eigenvalue weighted by atomic mass is 15.5. The Kier molecular flexibility index (Phi) is 3.77. The Labute approximate surface area is 145 Å². The van der Waals surface area contributed by atoms with Gasteiger partial charge in [-0.2, -0.15) is 15.2 Å². The van der Waals surface area contributed by atoms with E-state index in [1.165, 1.54) is 0 Å². The van der Waals surface area contributed by atoms with Crippen molar-refractivity contribution in [2.75, 3.05) is 19.4 Å². The van der Waals surface area contributed by atoms with Gasteiger partial charge in [0.2, 0.25) is 6.29 Å². The highest BCUT2D eigenvalue weighted by Gasteiger charge is 2.27. The van der Waals surface area contributed by atoms with Gasteiger partial charge < -0.3 is 10.2 Å². The molecule has 1 aromatic carbocycles. The lowest BCUT2D eigenvalue weighted by Crippen LogP contribution is -2.39. The molecule has 0 bridgehead atoms. The predicted molar refractivity (Wildman–Crippen MR) is 96.6 cm³/mol. The third-order valence-electron chi connectivity index (χ3n) is 4.02. The molecule has 0 spiro atoms. The molecule has 1 unspecified atom stereocenters. The van der Waals surface area contributed by atoms with Crippen LogP contribution in [0.1, 0.15) is 11.9 Å².